The number of aryl methyl sites for hydroxylation is 1. The van der Waals surface area contributed by atoms with Gasteiger partial charge in [0.1, 0.15) is 6.04 Å². The lowest BCUT2D eigenvalue weighted by Crippen LogP contribution is -2.55. The third-order valence-electron chi connectivity index (χ3n) is 7.39. The van der Waals surface area contributed by atoms with Crippen molar-refractivity contribution in [2.24, 2.45) is 5.92 Å². The minimum atomic E-state index is -0.941. The SMILES string of the molecule is CC(C)C.CN[C@@H](C)C(=O)N[C@H]1CN(C(=O)c2ccccc2)c2ccccc2N(Cc2c(C)ccc3ccccc23)C1=O. The Morgan fingerprint density at radius 3 is 2.12 bits per heavy atom. The van der Waals surface area contributed by atoms with Crippen LogP contribution >= 0.6 is 0 Å². The van der Waals surface area contributed by atoms with Crippen molar-refractivity contribution in [2.75, 3.05) is 23.4 Å². The van der Waals surface area contributed by atoms with Crippen molar-refractivity contribution in [1.29, 1.82) is 0 Å². The number of nitrogens with zero attached hydrogens (tertiary/aromatic N) is 2. The Morgan fingerprint density at radius 2 is 1.44 bits per heavy atom. The van der Waals surface area contributed by atoms with Crippen LogP contribution in [0.4, 0.5) is 11.4 Å². The van der Waals surface area contributed by atoms with Crippen LogP contribution in [0.2, 0.25) is 0 Å². The Morgan fingerprint density at radius 1 is 0.837 bits per heavy atom. The molecule has 0 saturated carbocycles. The number of amides is 3. The van der Waals surface area contributed by atoms with E-state index in [2.05, 4.69) is 55.7 Å². The molecule has 0 saturated heterocycles. The summed E-state index contributed by atoms with van der Waals surface area (Å²) >= 11 is 0. The minimum Gasteiger partial charge on any atom is -0.341 e. The van der Waals surface area contributed by atoms with Crippen LogP contribution in [0.25, 0.3) is 10.8 Å². The zero-order chi connectivity index (χ0) is 31.1. The summed E-state index contributed by atoms with van der Waals surface area (Å²) in [5.74, 6) is 0.0185. The number of carbonyl (C=O) groups is 3. The van der Waals surface area contributed by atoms with E-state index < -0.39 is 12.1 Å². The molecular weight excluding hydrogens is 536 g/mol. The van der Waals surface area contributed by atoms with E-state index >= 15 is 0 Å². The summed E-state index contributed by atoms with van der Waals surface area (Å²) in [6, 6.07) is 27.2. The number of anilines is 2. The summed E-state index contributed by atoms with van der Waals surface area (Å²) in [6.45, 7) is 10.6. The van der Waals surface area contributed by atoms with Gasteiger partial charge in [0.15, 0.2) is 0 Å². The molecule has 224 valence electrons. The first-order chi connectivity index (χ1) is 20.6. The largest absolute Gasteiger partial charge is 0.341 e. The van der Waals surface area contributed by atoms with Crippen molar-refractivity contribution < 1.29 is 14.4 Å². The molecule has 0 fully saturated rings. The first-order valence-corrected chi connectivity index (χ1v) is 14.8. The average molecular weight is 579 g/mol. The smallest absolute Gasteiger partial charge is 0.258 e. The van der Waals surface area contributed by atoms with E-state index in [-0.39, 0.29) is 24.3 Å². The summed E-state index contributed by atoms with van der Waals surface area (Å²) in [5.41, 5.74) is 3.83. The fourth-order valence-corrected chi connectivity index (χ4v) is 5.03. The maximum atomic E-state index is 14.3. The zero-order valence-corrected chi connectivity index (χ0v) is 25.9. The van der Waals surface area contributed by atoms with Crippen molar-refractivity contribution in [3.8, 4) is 0 Å². The maximum absolute atomic E-state index is 14.3. The number of hydrogen-bond acceptors (Lipinski definition) is 4. The summed E-state index contributed by atoms with van der Waals surface area (Å²) < 4.78 is 0. The number of para-hydroxylation sites is 2. The van der Waals surface area contributed by atoms with Gasteiger partial charge in [0.05, 0.1) is 30.5 Å². The number of fused-ring (bicyclic) bond motifs is 2. The number of carbonyl (C=O) groups excluding carboxylic acids is 3. The van der Waals surface area contributed by atoms with Crippen molar-refractivity contribution >= 4 is 39.9 Å². The second kappa shape index (κ2) is 14.1. The predicted octanol–water partition coefficient (Wildman–Crippen LogP) is 6.10. The molecule has 1 aliphatic rings. The van der Waals surface area contributed by atoms with Crippen LogP contribution in [-0.2, 0) is 16.1 Å². The van der Waals surface area contributed by atoms with E-state index in [0.29, 0.717) is 23.5 Å². The highest BCUT2D eigenvalue weighted by atomic mass is 16.2. The monoisotopic (exact) mass is 578 g/mol. The number of rotatable bonds is 6. The van der Waals surface area contributed by atoms with Crippen molar-refractivity contribution in [2.45, 2.75) is 53.2 Å². The summed E-state index contributed by atoms with van der Waals surface area (Å²) in [7, 11) is 1.69. The van der Waals surface area contributed by atoms with Crippen LogP contribution in [0.15, 0.2) is 91.0 Å². The number of nitrogens with one attached hydrogen (secondary N) is 2. The maximum Gasteiger partial charge on any atom is 0.258 e. The normalized spacial score (nSPS) is 15.3. The molecule has 2 N–H and O–H groups in total. The van der Waals surface area contributed by atoms with Gasteiger partial charge in [-0.2, -0.15) is 0 Å². The van der Waals surface area contributed by atoms with Gasteiger partial charge >= 0.3 is 0 Å². The van der Waals surface area contributed by atoms with Gasteiger partial charge < -0.3 is 20.4 Å². The Balaban J connectivity index is 0.000000996. The number of hydrogen-bond donors (Lipinski definition) is 2. The third kappa shape index (κ3) is 7.30. The molecule has 4 aromatic rings. The van der Waals surface area contributed by atoms with Crippen molar-refractivity contribution in [1.82, 2.24) is 10.6 Å². The van der Waals surface area contributed by atoms with E-state index in [4.69, 9.17) is 0 Å². The summed E-state index contributed by atoms with van der Waals surface area (Å²) in [6.07, 6.45) is 0. The number of likely N-dealkylation sites (N-methyl/N-ethyl adjacent to an activating group) is 1. The standard InChI is InChI=1S/C32H32N4O3.C4H10/c1-21-17-18-23-11-7-8-14-25(23)26(21)19-35-28-15-9-10-16-29(28)36(31(38)24-12-5-4-6-13-24)20-27(32(35)39)34-30(37)22(2)33-3;1-4(2)3/h4-18,22,27,33H,19-20H2,1-3H3,(H,34,37);4H,1-3H3/t22-,27-;/m0./s1. The van der Waals surface area contributed by atoms with E-state index in [0.717, 1.165) is 27.8 Å². The lowest BCUT2D eigenvalue weighted by Gasteiger charge is -2.27. The highest BCUT2D eigenvalue weighted by molar-refractivity contribution is 6.12. The molecule has 5 rings (SSSR count). The minimum absolute atomic E-state index is 0.0107. The molecule has 0 spiro atoms. The Kier molecular flexibility index (Phi) is 10.3. The third-order valence-corrected chi connectivity index (χ3v) is 7.39. The molecule has 0 bridgehead atoms. The predicted molar refractivity (Wildman–Crippen MR) is 175 cm³/mol. The van der Waals surface area contributed by atoms with Crippen LogP contribution in [0.5, 0.6) is 0 Å². The van der Waals surface area contributed by atoms with Crippen LogP contribution in [0.3, 0.4) is 0 Å². The van der Waals surface area contributed by atoms with Crippen LogP contribution in [0, 0.1) is 12.8 Å². The second-order valence-corrected chi connectivity index (χ2v) is 11.6. The highest BCUT2D eigenvalue weighted by Crippen LogP contribution is 2.36. The fraction of sp³-hybridized carbons (Fsp3) is 0.306. The van der Waals surface area contributed by atoms with Crippen molar-refractivity contribution in [3.63, 3.8) is 0 Å². The molecule has 0 radical (unpaired) electrons. The van der Waals surface area contributed by atoms with Gasteiger partial charge in [-0.25, -0.2) is 0 Å². The van der Waals surface area contributed by atoms with Gasteiger partial charge in [-0.05, 0) is 73.0 Å². The molecule has 7 heteroatoms. The molecule has 2 atom stereocenters. The van der Waals surface area contributed by atoms with Gasteiger partial charge in [-0.3, -0.25) is 14.4 Å². The molecular formula is C36H42N4O3. The van der Waals surface area contributed by atoms with Gasteiger partial charge in [-0.1, -0.05) is 87.5 Å². The molecule has 0 aromatic heterocycles. The van der Waals surface area contributed by atoms with Gasteiger partial charge in [0, 0.05) is 5.56 Å². The second-order valence-electron chi connectivity index (χ2n) is 11.6. The molecule has 1 aliphatic heterocycles. The first-order valence-electron chi connectivity index (χ1n) is 14.8. The van der Waals surface area contributed by atoms with E-state index in [9.17, 15) is 14.4 Å². The van der Waals surface area contributed by atoms with Crippen LogP contribution in [-0.4, -0.2) is 43.4 Å². The number of benzene rings is 4. The quantitative estimate of drug-likeness (QED) is 0.290. The lowest BCUT2D eigenvalue weighted by molar-refractivity contribution is -0.128. The Labute approximate surface area is 254 Å². The Bertz CT molecular complexity index is 1580. The molecule has 0 unspecified atom stereocenters. The highest BCUT2D eigenvalue weighted by Gasteiger charge is 2.37. The average Bonchev–Trinajstić information content (AvgIpc) is 3.12. The molecule has 43 heavy (non-hydrogen) atoms. The zero-order valence-electron chi connectivity index (χ0n) is 25.9. The Hall–Kier alpha value is -4.49. The molecule has 7 nitrogen and oxygen atoms in total. The summed E-state index contributed by atoms with van der Waals surface area (Å²) in [4.78, 5) is 44.3. The molecule has 0 aliphatic carbocycles. The molecule has 4 aromatic carbocycles. The summed E-state index contributed by atoms with van der Waals surface area (Å²) in [5, 5.41) is 7.98. The first kappa shape index (κ1) is 31.4. The van der Waals surface area contributed by atoms with E-state index in [1.54, 1.807) is 35.9 Å². The molecule has 1 heterocycles. The van der Waals surface area contributed by atoms with E-state index in [1.807, 2.05) is 61.5 Å². The van der Waals surface area contributed by atoms with E-state index in [1.165, 1.54) is 0 Å². The van der Waals surface area contributed by atoms with Gasteiger partial charge in [-0.15, -0.1) is 0 Å². The molecule has 3 amide bonds. The lowest BCUT2D eigenvalue weighted by atomic mass is 9.99. The van der Waals surface area contributed by atoms with Crippen LogP contribution in [0.1, 0.15) is 49.2 Å². The van der Waals surface area contributed by atoms with Crippen molar-refractivity contribution in [3.05, 3.63) is 108 Å². The van der Waals surface area contributed by atoms with Gasteiger partial charge in [0.25, 0.3) is 11.8 Å². The fourth-order valence-electron chi connectivity index (χ4n) is 5.03. The van der Waals surface area contributed by atoms with Gasteiger partial charge in [0.2, 0.25) is 5.91 Å². The van der Waals surface area contributed by atoms with Crippen LogP contribution < -0.4 is 20.4 Å². The topological polar surface area (TPSA) is 81.8 Å².